The fraction of sp³-hybridized carbons (Fsp3) is 0.125. The summed E-state index contributed by atoms with van der Waals surface area (Å²) in [5.41, 5.74) is 5.79. The second-order valence-electron chi connectivity index (χ2n) is 6.69. The Morgan fingerprint density at radius 1 is 0.636 bits per heavy atom. The van der Waals surface area contributed by atoms with Crippen molar-refractivity contribution in [2.24, 2.45) is 0 Å². The van der Waals surface area contributed by atoms with Crippen LogP contribution in [0.3, 0.4) is 0 Å². The van der Waals surface area contributed by atoms with Crippen LogP contribution in [0, 0.1) is 0 Å². The van der Waals surface area contributed by atoms with Gasteiger partial charge in [-0.25, -0.2) is 0 Å². The summed E-state index contributed by atoms with van der Waals surface area (Å²) in [5, 5.41) is 2.71. The molecule has 0 aromatic heterocycles. The Morgan fingerprint density at radius 2 is 1.21 bits per heavy atom. The van der Waals surface area contributed by atoms with Crippen molar-refractivity contribution >= 4 is 23.4 Å². The van der Waals surface area contributed by atoms with Crippen LogP contribution in [-0.2, 0) is 0 Å². The van der Waals surface area contributed by atoms with Crippen molar-refractivity contribution in [2.75, 3.05) is 26.6 Å². The van der Waals surface area contributed by atoms with Crippen LogP contribution in [0.5, 0.6) is 17.2 Å². The summed E-state index contributed by atoms with van der Waals surface area (Å²) in [7, 11) is 4.32. The Kier molecular flexibility index (Phi) is 7.48. The summed E-state index contributed by atoms with van der Waals surface area (Å²) < 4.78 is 15.7. The second kappa shape index (κ2) is 10.7. The largest absolute Gasteiger partial charge is 0.493 e. The Morgan fingerprint density at radius 3 is 1.82 bits per heavy atom. The third-order valence-electron chi connectivity index (χ3n) is 4.67. The summed E-state index contributed by atoms with van der Waals surface area (Å²) >= 11 is 0. The molecule has 33 heavy (non-hydrogen) atoms. The summed E-state index contributed by atoms with van der Waals surface area (Å²) in [6.45, 7) is 0. The van der Waals surface area contributed by atoms with Crippen molar-refractivity contribution < 1.29 is 28.6 Å². The number of amides is 3. The van der Waals surface area contributed by atoms with Gasteiger partial charge in [0.05, 0.1) is 32.6 Å². The molecule has 0 fully saturated rings. The van der Waals surface area contributed by atoms with Gasteiger partial charge in [-0.3, -0.25) is 25.2 Å². The van der Waals surface area contributed by atoms with Crippen LogP contribution in [0.1, 0.15) is 31.1 Å². The molecule has 0 atom stereocenters. The van der Waals surface area contributed by atoms with Crippen LogP contribution in [-0.4, -0.2) is 39.1 Å². The molecule has 0 saturated heterocycles. The number of carbonyl (C=O) groups is 3. The summed E-state index contributed by atoms with van der Waals surface area (Å²) in [5.74, 6) is -0.654. The van der Waals surface area contributed by atoms with Gasteiger partial charge in [-0.05, 0) is 36.4 Å². The van der Waals surface area contributed by atoms with Gasteiger partial charge in [-0.15, -0.1) is 0 Å². The van der Waals surface area contributed by atoms with E-state index in [0.717, 1.165) is 0 Å². The molecule has 3 aromatic rings. The van der Waals surface area contributed by atoms with Gasteiger partial charge in [0.2, 0.25) is 5.75 Å². The van der Waals surface area contributed by atoms with Crippen molar-refractivity contribution in [3.63, 3.8) is 0 Å². The van der Waals surface area contributed by atoms with Crippen LogP contribution in [0.25, 0.3) is 0 Å². The van der Waals surface area contributed by atoms with Crippen LogP contribution < -0.4 is 30.4 Å². The van der Waals surface area contributed by atoms with Gasteiger partial charge in [0, 0.05) is 11.1 Å². The monoisotopic (exact) mass is 449 g/mol. The van der Waals surface area contributed by atoms with Crippen molar-refractivity contribution in [2.45, 2.75) is 0 Å². The van der Waals surface area contributed by atoms with Gasteiger partial charge in [0.15, 0.2) is 11.5 Å². The number of hydrogen-bond donors (Lipinski definition) is 3. The standard InChI is InChI=1S/C24H23N3O6/c1-31-19-13-16(14-20(32-2)21(19)33-3)23(29)26-27-24(30)17-11-7-8-12-18(17)25-22(28)15-9-5-4-6-10-15/h4-14H,1-3H3,(H,25,28)(H,26,29)(H,27,30). The van der Waals surface area contributed by atoms with E-state index in [4.69, 9.17) is 14.2 Å². The summed E-state index contributed by atoms with van der Waals surface area (Å²) in [6.07, 6.45) is 0. The van der Waals surface area contributed by atoms with E-state index >= 15 is 0 Å². The van der Waals surface area contributed by atoms with E-state index in [9.17, 15) is 14.4 Å². The molecule has 0 radical (unpaired) electrons. The Labute approximate surface area is 190 Å². The number of methoxy groups -OCH3 is 3. The van der Waals surface area contributed by atoms with Crippen LogP contribution in [0.2, 0.25) is 0 Å². The maximum Gasteiger partial charge on any atom is 0.271 e. The molecule has 3 amide bonds. The van der Waals surface area contributed by atoms with Crippen molar-refractivity contribution in [3.05, 3.63) is 83.4 Å². The van der Waals surface area contributed by atoms with Gasteiger partial charge >= 0.3 is 0 Å². The lowest BCUT2D eigenvalue weighted by atomic mass is 10.1. The van der Waals surface area contributed by atoms with E-state index in [1.54, 1.807) is 48.5 Å². The predicted octanol–water partition coefficient (Wildman–Crippen LogP) is 3.04. The molecule has 0 spiro atoms. The van der Waals surface area contributed by atoms with Gasteiger partial charge in [-0.1, -0.05) is 30.3 Å². The minimum Gasteiger partial charge on any atom is -0.493 e. The molecule has 9 nitrogen and oxygen atoms in total. The normalized spacial score (nSPS) is 10.0. The van der Waals surface area contributed by atoms with Crippen LogP contribution in [0.4, 0.5) is 5.69 Å². The topological polar surface area (TPSA) is 115 Å². The SMILES string of the molecule is COc1cc(C(=O)NNC(=O)c2ccccc2NC(=O)c2ccccc2)cc(OC)c1OC. The number of hydrogen-bond acceptors (Lipinski definition) is 6. The third kappa shape index (κ3) is 5.40. The predicted molar refractivity (Wildman–Crippen MR) is 122 cm³/mol. The van der Waals surface area contributed by atoms with Gasteiger partial charge < -0.3 is 19.5 Å². The lowest BCUT2D eigenvalue weighted by Gasteiger charge is -2.15. The smallest absolute Gasteiger partial charge is 0.271 e. The molecule has 0 aliphatic rings. The van der Waals surface area contributed by atoms with Gasteiger partial charge in [-0.2, -0.15) is 0 Å². The average molecular weight is 449 g/mol. The number of carbonyl (C=O) groups excluding carboxylic acids is 3. The highest BCUT2D eigenvalue weighted by molar-refractivity contribution is 6.09. The Bertz CT molecular complexity index is 1140. The molecule has 170 valence electrons. The highest BCUT2D eigenvalue weighted by Crippen LogP contribution is 2.38. The molecule has 9 heteroatoms. The number of hydrazine groups is 1. The minimum absolute atomic E-state index is 0.173. The van der Waals surface area contributed by atoms with E-state index in [1.165, 1.54) is 39.5 Å². The van der Waals surface area contributed by atoms with Gasteiger partial charge in [0.1, 0.15) is 0 Å². The first-order valence-corrected chi connectivity index (χ1v) is 9.84. The van der Waals surface area contributed by atoms with Crippen LogP contribution >= 0.6 is 0 Å². The first-order chi connectivity index (χ1) is 16.0. The number of benzene rings is 3. The molecule has 3 rings (SSSR count). The van der Waals surface area contributed by atoms with Gasteiger partial charge in [0.25, 0.3) is 17.7 Å². The Hall–Kier alpha value is -4.53. The molecule has 0 heterocycles. The highest BCUT2D eigenvalue weighted by atomic mass is 16.5. The molecule has 0 bridgehead atoms. The second-order valence-corrected chi connectivity index (χ2v) is 6.69. The first kappa shape index (κ1) is 23.1. The van der Waals surface area contributed by atoms with E-state index in [2.05, 4.69) is 16.2 Å². The summed E-state index contributed by atoms with van der Waals surface area (Å²) in [6, 6.07) is 18.0. The quantitative estimate of drug-likeness (QED) is 0.478. The van der Waals surface area contributed by atoms with Crippen molar-refractivity contribution in [1.82, 2.24) is 10.9 Å². The molecular formula is C24H23N3O6. The minimum atomic E-state index is -0.611. The molecule has 0 unspecified atom stereocenters. The number of rotatable bonds is 7. The fourth-order valence-corrected chi connectivity index (χ4v) is 3.04. The average Bonchev–Trinajstić information content (AvgIpc) is 2.86. The van der Waals surface area contributed by atoms with E-state index < -0.39 is 11.8 Å². The first-order valence-electron chi connectivity index (χ1n) is 9.84. The lowest BCUT2D eigenvalue weighted by molar-refractivity contribution is 0.0846. The zero-order chi connectivity index (χ0) is 23.8. The number of anilines is 1. The zero-order valence-corrected chi connectivity index (χ0v) is 18.3. The summed E-state index contributed by atoms with van der Waals surface area (Å²) in [4.78, 5) is 37.8. The van der Waals surface area contributed by atoms with Crippen LogP contribution in [0.15, 0.2) is 66.7 Å². The number of ether oxygens (including phenoxy) is 3. The molecule has 3 aromatic carbocycles. The van der Waals surface area contributed by atoms with E-state index in [0.29, 0.717) is 28.5 Å². The van der Waals surface area contributed by atoms with Crippen molar-refractivity contribution in [1.29, 1.82) is 0 Å². The molecule has 3 N–H and O–H groups in total. The molecule has 0 aliphatic carbocycles. The van der Waals surface area contributed by atoms with E-state index in [1.807, 2.05) is 0 Å². The highest BCUT2D eigenvalue weighted by Gasteiger charge is 2.19. The fourth-order valence-electron chi connectivity index (χ4n) is 3.04. The molecule has 0 aliphatic heterocycles. The van der Waals surface area contributed by atoms with E-state index in [-0.39, 0.29) is 17.0 Å². The zero-order valence-electron chi connectivity index (χ0n) is 18.3. The maximum atomic E-state index is 12.7. The lowest BCUT2D eigenvalue weighted by Crippen LogP contribution is -2.42. The third-order valence-corrected chi connectivity index (χ3v) is 4.67. The number of para-hydroxylation sites is 1. The Balaban J connectivity index is 1.73. The number of nitrogens with one attached hydrogen (secondary N) is 3. The maximum absolute atomic E-state index is 12.7. The molecular weight excluding hydrogens is 426 g/mol. The molecule has 0 saturated carbocycles. The van der Waals surface area contributed by atoms with Crippen molar-refractivity contribution in [3.8, 4) is 17.2 Å².